The van der Waals surface area contributed by atoms with E-state index in [1.165, 1.54) is 24.2 Å². The second-order valence-electron chi connectivity index (χ2n) is 8.16. The van der Waals surface area contributed by atoms with Crippen molar-refractivity contribution in [2.75, 3.05) is 13.1 Å². The Balaban J connectivity index is 1.95. The van der Waals surface area contributed by atoms with Crippen LogP contribution in [0, 0.1) is 5.92 Å². The minimum atomic E-state index is -1.29. The monoisotopic (exact) mass is 325 g/mol. The first-order chi connectivity index (χ1) is 10.7. The van der Waals surface area contributed by atoms with Crippen LogP contribution in [0.25, 0.3) is 0 Å². The van der Waals surface area contributed by atoms with Gasteiger partial charge >= 0.3 is 5.97 Å². The van der Waals surface area contributed by atoms with Gasteiger partial charge in [0.2, 0.25) is 0 Å². The predicted molar refractivity (Wildman–Crippen MR) is 87.8 cm³/mol. The third-order valence-electron chi connectivity index (χ3n) is 4.79. The first-order valence-electron chi connectivity index (χ1n) is 8.93. The number of ether oxygens (including phenoxy) is 1. The molecule has 2 rings (SSSR count). The number of carbonyl (C=O) groups is 2. The molecular weight excluding hydrogens is 294 g/mol. The number of piperidine rings is 1. The van der Waals surface area contributed by atoms with Crippen molar-refractivity contribution in [3.8, 4) is 0 Å². The van der Waals surface area contributed by atoms with E-state index in [4.69, 9.17) is 4.74 Å². The molecule has 132 valence electrons. The van der Waals surface area contributed by atoms with Crippen molar-refractivity contribution >= 4 is 11.9 Å². The average molecular weight is 325 g/mol. The maximum atomic E-state index is 12.7. The van der Waals surface area contributed by atoms with Crippen LogP contribution in [0.5, 0.6) is 0 Å². The van der Waals surface area contributed by atoms with E-state index in [9.17, 15) is 14.7 Å². The summed E-state index contributed by atoms with van der Waals surface area (Å²) in [6, 6.07) is 0. The van der Waals surface area contributed by atoms with Gasteiger partial charge < -0.3 is 14.7 Å². The largest absolute Gasteiger partial charge is 0.459 e. The number of hydrogen-bond donors (Lipinski definition) is 1. The van der Waals surface area contributed by atoms with Crippen LogP contribution in [0.3, 0.4) is 0 Å². The summed E-state index contributed by atoms with van der Waals surface area (Å²) < 4.78 is 5.29. The molecular formula is C18H31NO4. The molecule has 23 heavy (non-hydrogen) atoms. The highest BCUT2D eigenvalue weighted by molar-refractivity contribution is 5.88. The first-order valence-corrected chi connectivity index (χ1v) is 8.93. The lowest BCUT2D eigenvalue weighted by Gasteiger charge is -2.40. The normalized spacial score (nSPS) is 27.1. The molecule has 1 aliphatic carbocycles. The standard InChI is InChI=1S/C18H31NO4/c1-17(2,3)23-15(20)13-19-11-7-10-18(22,16(19)21)12-14-8-5-4-6-9-14/h14,22H,4-13H2,1-3H3/t18-/m1/s1. The summed E-state index contributed by atoms with van der Waals surface area (Å²) in [6.45, 7) is 5.88. The Bertz CT molecular complexity index is 437. The fourth-order valence-electron chi connectivity index (χ4n) is 3.80. The molecule has 5 nitrogen and oxygen atoms in total. The van der Waals surface area contributed by atoms with E-state index < -0.39 is 17.2 Å². The molecule has 0 aromatic rings. The summed E-state index contributed by atoms with van der Waals surface area (Å²) in [5.74, 6) is -0.271. The van der Waals surface area contributed by atoms with Gasteiger partial charge in [-0.1, -0.05) is 32.1 Å². The molecule has 1 N–H and O–H groups in total. The SMILES string of the molecule is CC(C)(C)OC(=O)CN1CCC[C@@](O)(CC2CCCCC2)C1=O. The topological polar surface area (TPSA) is 66.8 Å². The Kier molecular flexibility index (Phi) is 5.71. The van der Waals surface area contributed by atoms with Crippen LogP contribution < -0.4 is 0 Å². The van der Waals surface area contributed by atoms with Crippen molar-refractivity contribution in [2.45, 2.75) is 83.3 Å². The van der Waals surface area contributed by atoms with Crippen LogP contribution >= 0.6 is 0 Å². The van der Waals surface area contributed by atoms with Crippen molar-refractivity contribution in [2.24, 2.45) is 5.92 Å². The zero-order valence-electron chi connectivity index (χ0n) is 14.8. The minimum absolute atomic E-state index is 0.0664. The van der Waals surface area contributed by atoms with Crippen LogP contribution in [-0.2, 0) is 14.3 Å². The number of esters is 1. The van der Waals surface area contributed by atoms with Gasteiger partial charge in [0.25, 0.3) is 5.91 Å². The maximum Gasteiger partial charge on any atom is 0.326 e. The molecule has 1 heterocycles. The van der Waals surface area contributed by atoms with Gasteiger partial charge in [0.1, 0.15) is 17.7 Å². The van der Waals surface area contributed by atoms with Gasteiger partial charge in [-0.05, 0) is 46.0 Å². The van der Waals surface area contributed by atoms with E-state index >= 15 is 0 Å². The van der Waals surface area contributed by atoms with E-state index in [1.54, 1.807) is 0 Å². The van der Waals surface area contributed by atoms with Gasteiger partial charge in [-0.25, -0.2) is 0 Å². The van der Waals surface area contributed by atoms with Crippen LogP contribution in [-0.4, -0.2) is 46.2 Å². The zero-order valence-corrected chi connectivity index (χ0v) is 14.8. The van der Waals surface area contributed by atoms with E-state index in [-0.39, 0.29) is 12.5 Å². The van der Waals surface area contributed by atoms with Crippen LogP contribution in [0.4, 0.5) is 0 Å². The number of likely N-dealkylation sites (tertiary alicyclic amines) is 1. The molecule has 0 bridgehead atoms. The Labute approximate surface area is 139 Å². The van der Waals surface area contributed by atoms with Crippen molar-refractivity contribution in [1.29, 1.82) is 0 Å². The third kappa shape index (κ3) is 5.20. The molecule has 1 amide bonds. The third-order valence-corrected chi connectivity index (χ3v) is 4.79. The maximum absolute atomic E-state index is 12.7. The number of nitrogens with zero attached hydrogens (tertiary/aromatic N) is 1. The molecule has 1 aliphatic heterocycles. The minimum Gasteiger partial charge on any atom is -0.459 e. The highest BCUT2D eigenvalue weighted by Crippen LogP contribution is 2.35. The van der Waals surface area contributed by atoms with Gasteiger partial charge in [0, 0.05) is 6.54 Å². The molecule has 0 unspecified atom stereocenters. The van der Waals surface area contributed by atoms with Gasteiger partial charge in [0.15, 0.2) is 0 Å². The summed E-state index contributed by atoms with van der Waals surface area (Å²) in [4.78, 5) is 26.1. The Morgan fingerprint density at radius 2 is 1.91 bits per heavy atom. The Morgan fingerprint density at radius 1 is 1.26 bits per heavy atom. The molecule has 1 saturated carbocycles. The molecule has 0 aromatic carbocycles. The fraction of sp³-hybridized carbons (Fsp3) is 0.889. The van der Waals surface area contributed by atoms with Gasteiger partial charge in [-0.15, -0.1) is 0 Å². The fourth-order valence-corrected chi connectivity index (χ4v) is 3.80. The summed E-state index contributed by atoms with van der Waals surface area (Å²) in [5, 5.41) is 10.9. The van der Waals surface area contributed by atoms with Crippen molar-refractivity contribution in [3.63, 3.8) is 0 Å². The number of aliphatic hydroxyl groups is 1. The first kappa shape index (κ1) is 18.2. The lowest BCUT2D eigenvalue weighted by molar-refractivity contribution is -0.168. The van der Waals surface area contributed by atoms with E-state index in [2.05, 4.69) is 0 Å². The molecule has 2 fully saturated rings. The van der Waals surface area contributed by atoms with Crippen molar-refractivity contribution < 1.29 is 19.4 Å². The molecule has 0 radical (unpaired) electrons. The smallest absolute Gasteiger partial charge is 0.326 e. The quantitative estimate of drug-likeness (QED) is 0.807. The second kappa shape index (κ2) is 7.20. The molecule has 0 spiro atoms. The van der Waals surface area contributed by atoms with Crippen LogP contribution in [0.2, 0.25) is 0 Å². The summed E-state index contributed by atoms with van der Waals surface area (Å²) in [5.41, 5.74) is -1.85. The Hall–Kier alpha value is -1.10. The zero-order chi connectivity index (χ0) is 17.1. The molecule has 5 heteroatoms. The van der Waals surface area contributed by atoms with E-state index in [0.717, 1.165) is 19.3 Å². The lowest BCUT2D eigenvalue weighted by Crippen LogP contribution is -2.55. The highest BCUT2D eigenvalue weighted by Gasteiger charge is 2.44. The van der Waals surface area contributed by atoms with Gasteiger partial charge in [-0.2, -0.15) is 0 Å². The van der Waals surface area contributed by atoms with Gasteiger partial charge in [-0.3, -0.25) is 9.59 Å². The molecule has 2 aliphatic rings. The van der Waals surface area contributed by atoms with Crippen LogP contribution in [0.1, 0.15) is 72.1 Å². The number of carbonyl (C=O) groups excluding carboxylic acids is 2. The summed E-state index contributed by atoms with van der Waals surface area (Å²) in [7, 11) is 0. The molecule has 1 atom stereocenters. The van der Waals surface area contributed by atoms with Gasteiger partial charge in [0.05, 0.1) is 0 Å². The number of amides is 1. The molecule has 1 saturated heterocycles. The number of rotatable bonds is 4. The van der Waals surface area contributed by atoms with Crippen LogP contribution in [0.15, 0.2) is 0 Å². The van der Waals surface area contributed by atoms with E-state index in [0.29, 0.717) is 25.3 Å². The summed E-state index contributed by atoms with van der Waals surface area (Å²) in [6.07, 6.45) is 7.62. The predicted octanol–water partition coefficient (Wildman–Crippen LogP) is 2.65. The van der Waals surface area contributed by atoms with Crippen molar-refractivity contribution in [1.82, 2.24) is 4.90 Å². The second-order valence-corrected chi connectivity index (χ2v) is 8.16. The number of hydrogen-bond acceptors (Lipinski definition) is 4. The molecule has 0 aromatic heterocycles. The van der Waals surface area contributed by atoms with Crippen molar-refractivity contribution in [3.05, 3.63) is 0 Å². The lowest BCUT2D eigenvalue weighted by atomic mass is 9.77. The Morgan fingerprint density at radius 3 is 2.52 bits per heavy atom. The summed E-state index contributed by atoms with van der Waals surface area (Å²) >= 11 is 0. The van der Waals surface area contributed by atoms with E-state index in [1.807, 2.05) is 20.8 Å². The average Bonchev–Trinajstić information content (AvgIpc) is 2.43. The highest BCUT2D eigenvalue weighted by atomic mass is 16.6.